The molecule has 0 spiro atoms. The van der Waals surface area contributed by atoms with E-state index >= 15 is 0 Å². The number of Topliss-reactive ketones (excluding diaryl/α,β-unsaturated/α-hetero) is 1. The van der Waals surface area contributed by atoms with Gasteiger partial charge in [-0.2, -0.15) is 0 Å². The number of hydrogen-bond donors (Lipinski definition) is 0. The standard InChI is InChI=1S/C23H30N2O3/c1-27-21-7-2-5-18(15-21)23(26)19-6-3-11-25(16-19)20-9-12-24(13-10-20)17-22-8-4-14-28-22/h2,4-5,7-8,14-15,19-20H,3,6,9-13,16-17H2,1H3. The van der Waals surface area contributed by atoms with Gasteiger partial charge in [-0.25, -0.2) is 0 Å². The number of methoxy groups -OCH3 is 1. The van der Waals surface area contributed by atoms with Crippen LogP contribution < -0.4 is 4.74 Å². The molecular weight excluding hydrogens is 352 g/mol. The molecule has 5 nitrogen and oxygen atoms in total. The fourth-order valence-corrected chi connectivity index (χ4v) is 4.63. The maximum atomic E-state index is 13.0. The number of furan rings is 1. The average Bonchev–Trinajstić information content (AvgIpc) is 3.27. The Labute approximate surface area is 167 Å². The molecule has 2 aliphatic heterocycles. The minimum absolute atomic E-state index is 0.0991. The largest absolute Gasteiger partial charge is 0.497 e. The van der Waals surface area contributed by atoms with Crippen molar-refractivity contribution in [2.45, 2.75) is 38.3 Å². The molecular formula is C23H30N2O3. The summed E-state index contributed by atoms with van der Waals surface area (Å²) in [5.74, 6) is 2.16. The van der Waals surface area contributed by atoms with Crippen LogP contribution in [0.1, 0.15) is 41.8 Å². The minimum Gasteiger partial charge on any atom is -0.497 e. The van der Waals surface area contributed by atoms with E-state index in [0.717, 1.165) is 62.6 Å². The van der Waals surface area contributed by atoms with Crippen LogP contribution in [0, 0.1) is 5.92 Å². The summed E-state index contributed by atoms with van der Waals surface area (Å²) in [4.78, 5) is 18.1. The first-order chi connectivity index (χ1) is 13.7. The number of likely N-dealkylation sites (tertiary alicyclic amines) is 2. The van der Waals surface area contributed by atoms with E-state index < -0.39 is 0 Å². The van der Waals surface area contributed by atoms with Crippen molar-refractivity contribution in [3.05, 3.63) is 54.0 Å². The summed E-state index contributed by atoms with van der Waals surface area (Å²) in [6.45, 7) is 5.09. The molecule has 1 aromatic heterocycles. The Hall–Kier alpha value is -2.11. The number of rotatable bonds is 6. The summed E-state index contributed by atoms with van der Waals surface area (Å²) >= 11 is 0. The molecule has 2 saturated heterocycles. The molecule has 150 valence electrons. The highest BCUT2D eigenvalue weighted by Gasteiger charge is 2.32. The number of nitrogens with zero attached hydrogens (tertiary/aromatic N) is 2. The first-order valence-electron chi connectivity index (χ1n) is 10.4. The van der Waals surface area contributed by atoms with E-state index in [-0.39, 0.29) is 11.7 Å². The molecule has 2 fully saturated rings. The van der Waals surface area contributed by atoms with Crippen LogP contribution in [0.25, 0.3) is 0 Å². The summed E-state index contributed by atoms with van der Waals surface area (Å²) in [7, 11) is 1.64. The average molecular weight is 383 g/mol. The van der Waals surface area contributed by atoms with Gasteiger partial charge in [-0.05, 0) is 56.5 Å². The lowest BCUT2D eigenvalue weighted by molar-refractivity contribution is 0.0573. The lowest BCUT2D eigenvalue weighted by Crippen LogP contribution is -2.49. The van der Waals surface area contributed by atoms with Gasteiger partial charge < -0.3 is 9.15 Å². The molecule has 1 aromatic carbocycles. The summed E-state index contributed by atoms with van der Waals surface area (Å²) in [6.07, 6.45) is 6.17. The second-order valence-electron chi connectivity index (χ2n) is 8.02. The zero-order valence-corrected chi connectivity index (χ0v) is 16.7. The summed E-state index contributed by atoms with van der Waals surface area (Å²) in [5.41, 5.74) is 0.777. The molecule has 5 heteroatoms. The highest BCUT2D eigenvalue weighted by atomic mass is 16.5. The van der Waals surface area contributed by atoms with Crippen LogP contribution in [0.2, 0.25) is 0 Å². The van der Waals surface area contributed by atoms with Crippen molar-refractivity contribution in [3.8, 4) is 5.75 Å². The first kappa shape index (κ1) is 19.2. The van der Waals surface area contributed by atoms with E-state index in [1.165, 1.54) is 12.8 Å². The zero-order chi connectivity index (χ0) is 19.3. The molecule has 0 aliphatic carbocycles. The fraction of sp³-hybridized carbons (Fsp3) is 0.522. The van der Waals surface area contributed by atoms with Crippen molar-refractivity contribution in [1.29, 1.82) is 0 Å². The molecule has 0 amide bonds. The summed E-state index contributed by atoms with van der Waals surface area (Å²) in [5, 5.41) is 0. The van der Waals surface area contributed by atoms with Crippen molar-refractivity contribution >= 4 is 5.78 Å². The SMILES string of the molecule is COc1cccc(C(=O)C2CCCN(C3CCN(Cc4ccco4)CC3)C2)c1. The van der Waals surface area contributed by atoms with Crippen molar-refractivity contribution in [2.24, 2.45) is 5.92 Å². The third-order valence-corrected chi connectivity index (χ3v) is 6.21. The van der Waals surface area contributed by atoms with E-state index in [1.807, 2.05) is 36.4 Å². The lowest BCUT2D eigenvalue weighted by Gasteiger charge is -2.42. The van der Waals surface area contributed by atoms with Gasteiger partial charge in [-0.3, -0.25) is 14.6 Å². The van der Waals surface area contributed by atoms with Crippen LogP contribution in [-0.4, -0.2) is 54.9 Å². The molecule has 1 atom stereocenters. The molecule has 2 aromatic rings. The third-order valence-electron chi connectivity index (χ3n) is 6.21. The van der Waals surface area contributed by atoms with Crippen molar-refractivity contribution in [1.82, 2.24) is 9.80 Å². The van der Waals surface area contributed by atoms with Crippen LogP contribution in [0.4, 0.5) is 0 Å². The van der Waals surface area contributed by atoms with Crippen molar-refractivity contribution in [2.75, 3.05) is 33.3 Å². The summed E-state index contributed by atoms with van der Waals surface area (Å²) < 4.78 is 10.8. The van der Waals surface area contributed by atoms with Gasteiger partial charge in [0.1, 0.15) is 11.5 Å². The van der Waals surface area contributed by atoms with Crippen LogP contribution in [0.3, 0.4) is 0 Å². The quantitative estimate of drug-likeness (QED) is 0.710. The topological polar surface area (TPSA) is 45.9 Å². The van der Waals surface area contributed by atoms with E-state index in [0.29, 0.717) is 6.04 Å². The van der Waals surface area contributed by atoms with Gasteiger partial charge in [-0.15, -0.1) is 0 Å². The van der Waals surface area contributed by atoms with Gasteiger partial charge in [0.15, 0.2) is 5.78 Å². The number of ether oxygens (including phenoxy) is 1. The maximum absolute atomic E-state index is 13.0. The predicted molar refractivity (Wildman–Crippen MR) is 109 cm³/mol. The number of benzene rings is 1. The second-order valence-corrected chi connectivity index (χ2v) is 8.02. The van der Waals surface area contributed by atoms with E-state index in [2.05, 4.69) is 9.80 Å². The third kappa shape index (κ3) is 4.47. The summed E-state index contributed by atoms with van der Waals surface area (Å²) in [6, 6.07) is 12.2. The lowest BCUT2D eigenvalue weighted by atomic mass is 9.88. The molecule has 0 N–H and O–H groups in total. The van der Waals surface area contributed by atoms with Crippen LogP contribution in [-0.2, 0) is 6.54 Å². The molecule has 0 radical (unpaired) electrons. The minimum atomic E-state index is 0.0991. The molecule has 2 aliphatic rings. The van der Waals surface area contributed by atoms with Gasteiger partial charge in [0.05, 0.1) is 19.9 Å². The highest BCUT2D eigenvalue weighted by molar-refractivity contribution is 5.98. The van der Waals surface area contributed by atoms with Gasteiger partial charge in [0, 0.05) is 37.2 Å². The van der Waals surface area contributed by atoms with E-state index in [1.54, 1.807) is 13.4 Å². The molecule has 1 unspecified atom stereocenters. The highest BCUT2D eigenvalue weighted by Crippen LogP contribution is 2.27. The number of piperidine rings is 2. The zero-order valence-electron chi connectivity index (χ0n) is 16.7. The second kappa shape index (κ2) is 8.93. The number of carbonyl (C=O) groups is 1. The van der Waals surface area contributed by atoms with Gasteiger partial charge in [-0.1, -0.05) is 12.1 Å². The first-order valence-corrected chi connectivity index (χ1v) is 10.4. The predicted octanol–water partition coefficient (Wildman–Crippen LogP) is 3.85. The number of ketones is 1. The van der Waals surface area contributed by atoms with Crippen molar-refractivity contribution in [3.63, 3.8) is 0 Å². The van der Waals surface area contributed by atoms with Gasteiger partial charge in [0.2, 0.25) is 0 Å². The molecule has 28 heavy (non-hydrogen) atoms. The van der Waals surface area contributed by atoms with Gasteiger partial charge >= 0.3 is 0 Å². The fourth-order valence-electron chi connectivity index (χ4n) is 4.63. The molecule has 3 heterocycles. The van der Waals surface area contributed by atoms with E-state index in [4.69, 9.17) is 9.15 Å². The van der Waals surface area contributed by atoms with Gasteiger partial charge in [0.25, 0.3) is 0 Å². The van der Waals surface area contributed by atoms with Crippen LogP contribution in [0.5, 0.6) is 5.75 Å². The Bertz CT molecular complexity index is 766. The Morgan fingerprint density at radius 1 is 1.14 bits per heavy atom. The Kier molecular flexibility index (Phi) is 6.13. The van der Waals surface area contributed by atoms with Crippen LogP contribution in [0.15, 0.2) is 47.1 Å². The van der Waals surface area contributed by atoms with Crippen LogP contribution >= 0.6 is 0 Å². The molecule has 4 rings (SSSR count). The molecule has 0 saturated carbocycles. The maximum Gasteiger partial charge on any atom is 0.167 e. The Balaban J connectivity index is 1.32. The normalized spacial score (nSPS) is 22.2. The number of hydrogen-bond acceptors (Lipinski definition) is 5. The van der Waals surface area contributed by atoms with E-state index in [9.17, 15) is 4.79 Å². The Morgan fingerprint density at radius 3 is 2.75 bits per heavy atom. The Morgan fingerprint density at radius 2 is 2.00 bits per heavy atom. The number of carbonyl (C=O) groups excluding carboxylic acids is 1. The smallest absolute Gasteiger partial charge is 0.167 e. The monoisotopic (exact) mass is 382 g/mol. The van der Waals surface area contributed by atoms with Crippen molar-refractivity contribution < 1.29 is 13.9 Å². The molecule has 0 bridgehead atoms.